The highest BCUT2D eigenvalue weighted by atomic mass is 35.5. The average molecular weight is 412 g/mol. The minimum atomic E-state index is -0.383. The molecule has 1 aliphatic rings. The third-order valence-corrected chi connectivity index (χ3v) is 5.10. The Morgan fingerprint density at radius 1 is 0.966 bits per heavy atom. The van der Waals surface area contributed by atoms with Crippen molar-refractivity contribution in [2.75, 3.05) is 36.4 Å². The van der Waals surface area contributed by atoms with E-state index >= 15 is 0 Å². The van der Waals surface area contributed by atoms with E-state index in [9.17, 15) is 9.18 Å². The molecule has 2 heterocycles. The largest absolute Gasteiger partial charge is 0.352 e. The number of nitrogens with zero attached hydrogens (tertiary/aromatic N) is 4. The molecule has 6 nitrogen and oxygen atoms in total. The van der Waals surface area contributed by atoms with Crippen LogP contribution >= 0.6 is 11.6 Å². The Kier molecular flexibility index (Phi) is 5.57. The quantitative estimate of drug-likeness (QED) is 0.698. The minimum absolute atomic E-state index is 0.240. The van der Waals surface area contributed by atoms with Gasteiger partial charge in [-0.05, 0) is 36.4 Å². The molecule has 2 amide bonds. The fourth-order valence-corrected chi connectivity index (χ4v) is 3.45. The lowest BCUT2D eigenvalue weighted by molar-refractivity contribution is 0.208. The Bertz CT molecular complexity index is 1010. The highest BCUT2D eigenvalue weighted by Crippen LogP contribution is 2.26. The number of carbonyl (C=O) groups is 1. The summed E-state index contributed by atoms with van der Waals surface area (Å²) in [6.45, 7) is 2.34. The fraction of sp³-hybridized carbons (Fsp3) is 0.190. The van der Waals surface area contributed by atoms with E-state index in [2.05, 4.69) is 20.4 Å². The van der Waals surface area contributed by atoms with E-state index in [0.717, 1.165) is 11.4 Å². The molecule has 0 aliphatic carbocycles. The SMILES string of the molecule is O=C(Nc1cccc(F)c1)N1CCN(c2ccc(-c3ccccc3Cl)nn2)CC1. The minimum Gasteiger partial charge on any atom is -0.352 e. The molecule has 1 N–H and O–H groups in total. The van der Waals surface area contributed by atoms with Gasteiger partial charge < -0.3 is 15.1 Å². The maximum atomic E-state index is 13.3. The summed E-state index contributed by atoms with van der Waals surface area (Å²) in [6.07, 6.45) is 0. The smallest absolute Gasteiger partial charge is 0.321 e. The van der Waals surface area contributed by atoms with Crippen molar-refractivity contribution in [3.05, 3.63) is 71.5 Å². The summed E-state index contributed by atoms with van der Waals surface area (Å²) in [6, 6.07) is 16.9. The van der Waals surface area contributed by atoms with Crippen molar-refractivity contribution in [2.24, 2.45) is 0 Å². The van der Waals surface area contributed by atoms with Gasteiger partial charge in [0, 0.05) is 37.4 Å². The van der Waals surface area contributed by atoms with Crippen LogP contribution in [0.15, 0.2) is 60.7 Å². The van der Waals surface area contributed by atoms with Gasteiger partial charge in [-0.3, -0.25) is 0 Å². The van der Waals surface area contributed by atoms with Gasteiger partial charge in [-0.15, -0.1) is 10.2 Å². The van der Waals surface area contributed by atoms with Gasteiger partial charge in [-0.1, -0.05) is 35.9 Å². The van der Waals surface area contributed by atoms with Gasteiger partial charge in [-0.25, -0.2) is 9.18 Å². The Morgan fingerprint density at radius 3 is 2.45 bits per heavy atom. The van der Waals surface area contributed by atoms with Crippen LogP contribution in [0, 0.1) is 5.82 Å². The third-order valence-electron chi connectivity index (χ3n) is 4.77. The van der Waals surface area contributed by atoms with Crippen molar-refractivity contribution in [3.63, 3.8) is 0 Å². The first-order valence-electron chi connectivity index (χ1n) is 9.25. The maximum Gasteiger partial charge on any atom is 0.321 e. The lowest BCUT2D eigenvalue weighted by atomic mass is 10.1. The number of hydrogen-bond donors (Lipinski definition) is 1. The highest BCUT2D eigenvalue weighted by Gasteiger charge is 2.22. The first-order valence-corrected chi connectivity index (χ1v) is 9.63. The molecular weight excluding hydrogens is 393 g/mol. The molecule has 0 radical (unpaired) electrons. The van der Waals surface area contributed by atoms with Gasteiger partial charge >= 0.3 is 6.03 Å². The van der Waals surface area contributed by atoms with E-state index in [1.54, 1.807) is 17.0 Å². The van der Waals surface area contributed by atoms with E-state index in [-0.39, 0.29) is 11.8 Å². The zero-order valence-electron chi connectivity index (χ0n) is 15.6. The summed E-state index contributed by atoms with van der Waals surface area (Å²) in [5, 5.41) is 12.0. The second-order valence-corrected chi connectivity index (χ2v) is 7.08. The highest BCUT2D eigenvalue weighted by molar-refractivity contribution is 6.33. The monoisotopic (exact) mass is 411 g/mol. The van der Waals surface area contributed by atoms with Gasteiger partial charge in [0.15, 0.2) is 5.82 Å². The molecule has 2 aromatic carbocycles. The summed E-state index contributed by atoms with van der Waals surface area (Å²) in [4.78, 5) is 16.2. The Labute approximate surface area is 172 Å². The van der Waals surface area contributed by atoms with Crippen molar-refractivity contribution < 1.29 is 9.18 Å². The standard InChI is InChI=1S/C21H19ClFN5O/c22-18-7-2-1-6-17(18)19-8-9-20(26-25-19)27-10-12-28(13-11-27)21(29)24-16-5-3-4-15(23)14-16/h1-9,14H,10-13H2,(H,24,29). The third kappa shape index (κ3) is 4.46. The molecule has 4 rings (SSSR count). The number of aromatic nitrogens is 2. The topological polar surface area (TPSA) is 61.4 Å². The summed E-state index contributed by atoms with van der Waals surface area (Å²) >= 11 is 6.22. The molecule has 0 spiro atoms. The molecule has 1 aliphatic heterocycles. The number of amides is 2. The zero-order chi connectivity index (χ0) is 20.2. The van der Waals surface area contributed by atoms with E-state index in [1.165, 1.54) is 12.1 Å². The molecule has 0 unspecified atom stereocenters. The number of rotatable bonds is 3. The molecule has 0 saturated carbocycles. The molecule has 29 heavy (non-hydrogen) atoms. The predicted molar refractivity (Wildman–Crippen MR) is 112 cm³/mol. The van der Waals surface area contributed by atoms with Crippen LogP contribution in [0.4, 0.5) is 20.7 Å². The zero-order valence-corrected chi connectivity index (χ0v) is 16.3. The average Bonchev–Trinajstić information content (AvgIpc) is 2.74. The second kappa shape index (κ2) is 8.45. The number of anilines is 2. The molecule has 1 saturated heterocycles. The lowest BCUT2D eigenvalue weighted by Crippen LogP contribution is -2.50. The van der Waals surface area contributed by atoms with Crippen molar-refractivity contribution in [1.29, 1.82) is 0 Å². The van der Waals surface area contributed by atoms with Crippen molar-refractivity contribution in [1.82, 2.24) is 15.1 Å². The van der Waals surface area contributed by atoms with Gasteiger partial charge in [0.25, 0.3) is 0 Å². The van der Waals surface area contributed by atoms with E-state index in [1.807, 2.05) is 36.4 Å². The number of urea groups is 1. The summed E-state index contributed by atoms with van der Waals surface area (Å²) in [5.41, 5.74) is 2.00. The van der Waals surface area contributed by atoms with Gasteiger partial charge in [0.05, 0.1) is 10.7 Å². The molecule has 1 fully saturated rings. The van der Waals surface area contributed by atoms with Gasteiger partial charge in [-0.2, -0.15) is 0 Å². The fourth-order valence-electron chi connectivity index (χ4n) is 3.21. The Hall–Kier alpha value is -3.19. The number of nitrogens with one attached hydrogen (secondary N) is 1. The molecule has 0 bridgehead atoms. The van der Waals surface area contributed by atoms with Crippen LogP contribution in [-0.4, -0.2) is 47.3 Å². The number of benzene rings is 2. The van der Waals surface area contributed by atoms with Crippen molar-refractivity contribution in [2.45, 2.75) is 0 Å². The summed E-state index contributed by atoms with van der Waals surface area (Å²) in [7, 11) is 0. The van der Waals surface area contributed by atoms with E-state index in [4.69, 9.17) is 11.6 Å². The molecule has 3 aromatic rings. The van der Waals surface area contributed by atoms with Crippen molar-refractivity contribution >= 4 is 29.1 Å². The number of carbonyl (C=O) groups excluding carboxylic acids is 1. The summed E-state index contributed by atoms with van der Waals surface area (Å²) < 4.78 is 13.3. The predicted octanol–water partition coefficient (Wildman–Crippen LogP) is 4.29. The van der Waals surface area contributed by atoms with Crippen LogP contribution in [0.1, 0.15) is 0 Å². The first-order chi connectivity index (χ1) is 14.1. The summed E-state index contributed by atoms with van der Waals surface area (Å²) in [5.74, 6) is 0.373. The normalized spacial score (nSPS) is 14.0. The van der Waals surface area contributed by atoms with Gasteiger partial charge in [0.1, 0.15) is 5.82 Å². The molecule has 0 atom stereocenters. The van der Waals surface area contributed by atoms with Gasteiger partial charge in [0.2, 0.25) is 0 Å². The van der Waals surface area contributed by atoms with Crippen LogP contribution in [-0.2, 0) is 0 Å². The molecule has 148 valence electrons. The van der Waals surface area contributed by atoms with Crippen molar-refractivity contribution in [3.8, 4) is 11.3 Å². The molecular formula is C21H19ClFN5O. The first kappa shape index (κ1) is 19.1. The van der Waals surface area contributed by atoms with Crippen LogP contribution in [0.2, 0.25) is 5.02 Å². The molecule has 8 heteroatoms. The maximum absolute atomic E-state index is 13.3. The number of piperazine rings is 1. The van der Waals surface area contributed by atoms with Crippen LogP contribution in [0.3, 0.4) is 0 Å². The van der Waals surface area contributed by atoms with Crippen LogP contribution in [0.25, 0.3) is 11.3 Å². The molecule has 1 aromatic heterocycles. The second-order valence-electron chi connectivity index (χ2n) is 6.67. The Morgan fingerprint density at radius 2 is 1.76 bits per heavy atom. The van der Waals surface area contributed by atoms with E-state index in [0.29, 0.717) is 42.6 Å². The lowest BCUT2D eigenvalue weighted by Gasteiger charge is -2.35. The van der Waals surface area contributed by atoms with Crippen LogP contribution in [0.5, 0.6) is 0 Å². The Balaban J connectivity index is 1.36. The number of hydrogen-bond acceptors (Lipinski definition) is 4. The number of halogens is 2. The van der Waals surface area contributed by atoms with Crippen LogP contribution < -0.4 is 10.2 Å². The van der Waals surface area contributed by atoms with E-state index < -0.39 is 0 Å².